The Labute approximate surface area is 179 Å². The number of carbonyl (C=O) groups is 4. The van der Waals surface area contributed by atoms with Gasteiger partial charge in [-0.1, -0.05) is 12.1 Å². The third-order valence-electron chi connectivity index (χ3n) is 4.95. The second kappa shape index (κ2) is 8.94. The number of hydrogen-bond donors (Lipinski definition) is 4. The Morgan fingerprint density at radius 2 is 1.42 bits per heavy atom. The molecule has 0 saturated carbocycles. The molecule has 0 radical (unpaired) electrons. The summed E-state index contributed by atoms with van der Waals surface area (Å²) in [7, 11) is 0. The van der Waals surface area contributed by atoms with Gasteiger partial charge >= 0.3 is 0 Å². The van der Waals surface area contributed by atoms with Crippen LogP contribution in [0.3, 0.4) is 0 Å². The number of aryl methyl sites for hydroxylation is 1. The molecule has 0 fully saturated rings. The zero-order valence-electron chi connectivity index (χ0n) is 17.7. The first-order valence-corrected chi connectivity index (χ1v) is 9.88. The molecule has 11 nitrogen and oxygen atoms in total. The van der Waals surface area contributed by atoms with E-state index in [-0.39, 0.29) is 6.54 Å². The highest BCUT2D eigenvalue weighted by molar-refractivity contribution is 6.01. The quantitative estimate of drug-likeness (QED) is 0.439. The second-order valence-corrected chi connectivity index (χ2v) is 7.39. The van der Waals surface area contributed by atoms with Gasteiger partial charge < -0.3 is 21.3 Å². The summed E-state index contributed by atoms with van der Waals surface area (Å²) in [4.78, 5) is 50.2. The molecule has 1 aliphatic rings. The lowest BCUT2D eigenvalue weighted by molar-refractivity contribution is -0.131. The molecule has 164 valence electrons. The van der Waals surface area contributed by atoms with Gasteiger partial charge in [-0.2, -0.15) is 0 Å². The minimum absolute atomic E-state index is 0.0402. The maximum Gasteiger partial charge on any atom is 0.254 e. The van der Waals surface area contributed by atoms with Gasteiger partial charge in [0.15, 0.2) is 5.82 Å². The van der Waals surface area contributed by atoms with Crippen molar-refractivity contribution in [2.45, 2.75) is 52.4 Å². The number of aromatic nitrogens is 3. The van der Waals surface area contributed by atoms with Gasteiger partial charge in [-0.25, -0.2) is 0 Å². The number of rotatable bonds is 0. The topological polar surface area (TPSA) is 147 Å². The van der Waals surface area contributed by atoms with Gasteiger partial charge in [-0.3, -0.25) is 23.7 Å². The number of hydrogen-bond acceptors (Lipinski definition) is 6. The van der Waals surface area contributed by atoms with Gasteiger partial charge in [0.25, 0.3) is 5.91 Å². The molecule has 0 bridgehead atoms. The van der Waals surface area contributed by atoms with Gasteiger partial charge in [0, 0.05) is 0 Å². The Balaban J connectivity index is 2.04. The molecule has 4 N–H and O–H groups in total. The van der Waals surface area contributed by atoms with Crippen LogP contribution in [0.1, 0.15) is 42.8 Å². The summed E-state index contributed by atoms with van der Waals surface area (Å²) < 4.78 is 1.66. The summed E-state index contributed by atoms with van der Waals surface area (Å²) in [5.41, 5.74) is 0.824. The van der Waals surface area contributed by atoms with Crippen LogP contribution in [0.25, 0.3) is 5.69 Å². The zero-order valence-corrected chi connectivity index (χ0v) is 17.7. The van der Waals surface area contributed by atoms with Crippen LogP contribution in [0.4, 0.5) is 0 Å². The monoisotopic (exact) mass is 427 g/mol. The van der Waals surface area contributed by atoms with E-state index in [4.69, 9.17) is 0 Å². The van der Waals surface area contributed by atoms with Crippen LogP contribution < -0.4 is 21.3 Å². The van der Waals surface area contributed by atoms with Crippen molar-refractivity contribution in [2.75, 3.05) is 0 Å². The molecule has 11 heteroatoms. The molecule has 0 aliphatic carbocycles. The molecule has 3 atom stereocenters. The van der Waals surface area contributed by atoms with Crippen molar-refractivity contribution in [1.82, 2.24) is 36.0 Å². The summed E-state index contributed by atoms with van der Waals surface area (Å²) in [6.45, 7) is 6.33. The highest BCUT2D eigenvalue weighted by atomic mass is 16.2. The van der Waals surface area contributed by atoms with Crippen LogP contribution in [0.15, 0.2) is 24.3 Å². The van der Waals surface area contributed by atoms with Gasteiger partial charge in [0.1, 0.15) is 23.9 Å². The Hall–Kier alpha value is -3.76. The van der Waals surface area contributed by atoms with Crippen molar-refractivity contribution in [3.63, 3.8) is 0 Å². The minimum atomic E-state index is -0.897. The van der Waals surface area contributed by atoms with Crippen LogP contribution in [0, 0.1) is 6.92 Å². The fourth-order valence-corrected chi connectivity index (χ4v) is 3.16. The summed E-state index contributed by atoms with van der Waals surface area (Å²) in [6, 6.07) is 4.20. The van der Waals surface area contributed by atoms with Crippen molar-refractivity contribution >= 4 is 23.6 Å². The van der Waals surface area contributed by atoms with Crippen LogP contribution in [0.2, 0.25) is 0 Å². The van der Waals surface area contributed by atoms with Crippen molar-refractivity contribution in [2.24, 2.45) is 0 Å². The summed E-state index contributed by atoms with van der Waals surface area (Å²) in [6.07, 6.45) is 0. The van der Waals surface area contributed by atoms with Crippen LogP contribution in [-0.2, 0) is 20.9 Å². The molecule has 4 amide bonds. The molecule has 2 aromatic rings. The van der Waals surface area contributed by atoms with Crippen LogP contribution >= 0.6 is 0 Å². The largest absolute Gasteiger partial charge is 0.347 e. The third kappa shape index (κ3) is 4.71. The second-order valence-electron chi connectivity index (χ2n) is 7.39. The van der Waals surface area contributed by atoms with Gasteiger partial charge in [0.2, 0.25) is 17.7 Å². The number of fused-ring (bicyclic) bond motifs is 3. The first-order chi connectivity index (χ1) is 14.7. The Bertz CT molecular complexity index is 1030. The molecular formula is C20H25N7O4. The lowest BCUT2D eigenvalue weighted by Crippen LogP contribution is -2.54. The molecule has 31 heavy (non-hydrogen) atoms. The minimum Gasteiger partial charge on any atom is -0.347 e. The standard InChI is InChI=1S/C20H25N7O4/c1-10-17(28)21-9-16-26-25-13(4)27(16)15-8-6-5-7-14(15)20(31)24-12(3)19(30)23-11(2)18(29)22-10/h5-8,10-12H,9H2,1-4H3,(H,21,28)(H,22,29)(H,23,30)(H,24,31)/t10-,11-,12-/m1/s1. The van der Waals surface area contributed by atoms with E-state index in [1.165, 1.54) is 13.8 Å². The lowest BCUT2D eigenvalue weighted by atomic mass is 10.1. The molecule has 0 spiro atoms. The molecule has 1 aromatic heterocycles. The molecular weight excluding hydrogens is 402 g/mol. The maximum atomic E-state index is 12.9. The van der Waals surface area contributed by atoms with Gasteiger partial charge in [-0.05, 0) is 39.8 Å². The van der Waals surface area contributed by atoms with E-state index in [0.717, 1.165) is 0 Å². The predicted molar refractivity (Wildman–Crippen MR) is 110 cm³/mol. The first kappa shape index (κ1) is 21.9. The maximum absolute atomic E-state index is 12.9. The molecule has 1 aromatic carbocycles. The number of carbonyl (C=O) groups excluding carboxylic acids is 4. The third-order valence-corrected chi connectivity index (χ3v) is 4.95. The van der Waals surface area contributed by atoms with E-state index in [0.29, 0.717) is 22.9 Å². The van der Waals surface area contributed by atoms with E-state index in [1.807, 2.05) is 0 Å². The smallest absolute Gasteiger partial charge is 0.254 e. The van der Waals surface area contributed by atoms with Crippen molar-refractivity contribution in [3.05, 3.63) is 41.5 Å². The number of para-hydroxylation sites is 1. The van der Waals surface area contributed by atoms with Gasteiger partial charge in [-0.15, -0.1) is 10.2 Å². The summed E-state index contributed by atoms with van der Waals surface area (Å²) >= 11 is 0. The predicted octanol–water partition coefficient (Wildman–Crippen LogP) is -0.667. The fourth-order valence-electron chi connectivity index (χ4n) is 3.16. The average Bonchev–Trinajstić information content (AvgIpc) is 3.11. The van der Waals surface area contributed by atoms with Crippen LogP contribution in [-0.4, -0.2) is 56.5 Å². The molecule has 0 saturated heterocycles. The Kier molecular flexibility index (Phi) is 6.33. The van der Waals surface area contributed by atoms with E-state index >= 15 is 0 Å². The molecule has 3 rings (SSSR count). The summed E-state index contributed by atoms with van der Waals surface area (Å²) in [5.74, 6) is -1.02. The van der Waals surface area contributed by atoms with Crippen molar-refractivity contribution < 1.29 is 19.2 Å². The van der Waals surface area contributed by atoms with E-state index in [1.54, 1.807) is 42.7 Å². The Morgan fingerprint density at radius 3 is 2.10 bits per heavy atom. The molecule has 2 heterocycles. The number of nitrogens with zero attached hydrogens (tertiary/aromatic N) is 3. The fraction of sp³-hybridized carbons (Fsp3) is 0.400. The number of benzene rings is 1. The van der Waals surface area contributed by atoms with Crippen molar-refractivity contribution in [3.8, 4) is 5.69 Å². The number of amides is 4. The lowest BCUT2D eigenvalue weighted by Gasteiger charge is -2.22. The number of nitrogens with one attached hydrogen (secondary N) is 4. The zero-order chi connectivity index (χ0) is 22.7. The van der Waals surface area contributed by atoms with Crippen molar-refractivity contribution in [1.29, 1.82) is 0 Å². The van der Waals surface area contributed by atoms with Gasteiger partial charge in [0.05, 0.1) is 17.8 Å². The summed E-state index contributed by atoms with van der Waals surface area (Å²) in [5, 5.41) is 18.6. The highest BCUT2D eigenvalue weighted by Crippen LogP contribution is 2.18. The van der Waals surface area contributed by atoms with E-state index in [9.17, 15) is 19.2 Å². The molecule has 1 aliphatic heterocycles. The SMILES string of the molecule is Cc1nnc2n1-c1ccccc1C(=O)N[C@H](C)C(=O)N[C@H](C)C(=O)N[C@H](C)C(=O)NC2. The Morgan fingerprint density at radius 1 is 0.839 bits per heavy atom. The van der Waals surface area contributed by atoms with E-state index < -0.39 is 41.8 Å². The average molecular weight is 427 g/mol. The van der Waals surface area contributed by atoms with Crippen LogP contribution in [0.5, 0.6) is 0 Å². The molecule has 0 unspecified atom stereocenters. The highest BCUT2D eigenvalue weighted by Gasteiger charge is 2.26. The van der Waals surface area contributed by atoms with E-state index in [2.05, 4.69) is 31.5 Å². The first-order valence-electron chi connectivity index (χ1n) is 9.88. The normalized spacial score (nSPS) is 23.0.